The normalized spacial score (nSPS) is 14.5. The summed E-state index contributed by atoms with van der Waals surface area (Å²) in [5.41, 5.74) is 2.20. The van der Waals surface area contributed by atoms with Crippen LogP contribution >= 0.6 is 0 Å². The number of hydrogen-bond donors (Lipinski definition) is 0. The van der Waals surface area contributed by atoms with E-state index in [1.807, 2.05) is 30.7 Å². The maximum Gasteiger partial charge on any atom is 0.290 e. The first-order chi connectivity index (χ1) is 15.5. The number of ether oxygens (including phenoxy) is 2. The second-order valence-electron chi connectivity index (χ2n) is 7.64. The Labute approximate surface area is 185 Å². The van der Waals surface area contributed by atoms with E-state index in [1.165, 1.54) is 17.1 Å². The highest BCUT2D eigenvalue weighted by atomic mass is 19.1. The SMILES string of the molecule is C=NN(CCN1CCOCC1)C(=O)c1c(C)c2ccc(Oc3cccc(F)n3)cc2n1C. The van der Waals surface area contributed by atoms with Crippen molar-refractivity contribution in [2.75, 3.05) is 39.4 Å². The van der Waals surface area contributed by atoms with Crippen LogP contribution in [0.1, 0.15) is 16.1 Å². The van der Waals surface area contributed by atoms with Gasteiger partial charge in [0.25, 0.3) is 5.91 Å². The molecule has 32 heavy (non-hydrogen) atoms. The zero-order valence-electron chi connectivity index (χ0n) is 18.3. The van der Waals surface area contributed by atoms with Crippen molar-refractivity contribution in [3.8, 4) is 11.6 Å². The number of hydrazone groups is 1. The van der Waals surface area contributed by atoms with Crippen LogP contribution in [-0.4, -0.2) is 71.5 Å². The molecule has 9 heteroatoms. The predicted octanol–water partition coefficient (Wildman–Crippen LogP) is 3.20. The zero-order valence-corrected chi connectivity index (χ0v) is 18.3. The molecule has 0 saturated carbocycles. The zero-order chi connectivity index (χ0) is 22.7. The van der Waals surface area contributed by atoms with Gasteiger partial charge in [-0.25, -0.2) is 5.01 Å². The van der Waals surface area contributed by atoms with Gasteiger partial charge in [0.15, 0.2) is 0 Å². The molecule has 0 unspecified atom stereocenters. The van der Waals surface area contributed by atoms with Gasteiger partial charge in [0.1, 0.15) is 11.4 Å². The first-order valence-corrected chi connectivity index (χ1v) is 10.5. The second-order valence-corrected chi connectivity index (χ2v) is 7.64. The Balaban J connectivity index is 1.57. The number of hydrogen-bond acceptors (Lipinski definition) is 6. The molecular weight excluding hydrogens is 413 g/mol. The Morgan fingerprint density at radius 1 is 1.31 bits per heavy atom. The number of halogens is 1. The lowest BCUT2D eigenvalue weighted by atomic mass is 10.1. The quantitative estimate of drug-likeness (QED) is 0.321. The highest BCUT2D eigenvalue weighted by molar-refractivity contribution is 6.01. The first-order valence-electron chi connectivity index (χ1n) is 10.5. The molecule has 1 amide bonds. The summed E-state index contributed by atoms with van der Waals surface area (Å²) < 4.78 is 26.3. The van der Waals surface area contributed by atoms with Gasteiger partial charge in [-0.1, -0.05) is 6.07 Å². The number of benzene rings is 1. The molecule has 4 rings (SSSR count). The lowest BCUT2D eigenvalue weighted by molar-refractivity contribution is 0.0326. The van der Waals surface area contributed by atoms with Crippen molar-refractivity contribution in [2.45, 2.75) is 6.92 Å². The number of morpholine rings is 1. The fourth-order valence-electron chi connectivity index (χ4n) is 3.96. The molecule has 0 aliphatic carbocycles. The van der Waals surface area contributed by atoms with E-state index in [4.69, 9.17) is 9.47 Å². The highest BCUT2D eigenvalue weighted by Crippen LogP contribution is 2.30. The van der Waals surface area contributed by atoms with Crippen LogP contribution in [0.3, 0.4) is 0 Å². The third kappa shape index (κ3) is 4.49. The number of rotatable bonds is 7. The lowest BCUT2D eigenvalue weighted by Crippen LogP contribution is -2.41. The molecule has 3 heterocycles. The maximum absolute atomic E-state index is 13.4. The minimum absolute atomic E-state index is 0.164. The molecule has 0 bridgehead atoms. The fraction of sp³-hybridized carbons (Fsp3) is 0.348. The van der Waals surface area contributed by atoms with E-state index in [1.54, 1.807) is 12.1 Å². The molecule has 2 aromatic heterocycles. The van der Waals surface area contributed by atoms with Crippen molar-refractivity contribution in [3.63, 3.8) is 0 Å². The summed E-state index contributed by atoms with van der Waals surface area (Å²) in [5, 5.41) is 6.31. The van der Waals surface area contributed by atoms with Crippen LogP contribution in [0, 0.1) is 12.9 Å². The lowest BCUT2D eigenvalue weighted by Gasteiger charge is -2.28. The first kappa shape index (κ1) is 21.9. The molecule has 1 fully saturated rings. The van der Waals surface area contributed by atoms with Crippen LogP contribution in [0.5, 0.6) is 11.6 Å². The monoisotopic (exact) mass is 439 g/mol. The van der Waals surface area contributed by atoms with E-state index in [9.17, 15) is 9.18 Å². The van der Waals surface area contributed by atoms with E-state index >= 15 is 0 Å². The number of aryl methyl sites for hydroxylation is 2. The average molecular weight is 439 g/mol. The summed E-state index contributed by atoms with van der Waals surface area (Å²) in [7, 11) is 1.83. The molecule has 0 atom stereocenters. The second kappa shape index (κ2) is 9.46. The Kier molecular flexibility index (Phi) is 6.48. The third-order valence-corrected chi connectivity index (χ3v) is 5.68. The van der Waals surface area contributed by atoms with Gasteiger partial charge in [-0.2, -0.15) is 14.5 Å². The van der Waals surface area contributed by atoms with Gasteiger partial charge in [-0.05, 0) is 30.7 Å². The van der Waals surface area contributed by atoms with Crippen molar-refractivity contribution in [1.82, 2.24) is 19.5 Å². The molecule has 1 aliphatic rings. The smallest absolute Gasteiger partial charge is 0.290 e. The van der Waals surface area contributed by atoms with Gasteiger partial charge < -0.3 is 14.0 Å². The summed E-state index contributed by atoms with van der Waals surface area (Å²) in [6, 6.07) is 9.85. The number of carbonyl (C=O) groups is 1. The molecule has 0 spiro atoms. The standard InChI is InChI=1S/C23H26FN5O3/c1-16-18-8-7-17(32-21-6-4-5-20(24)26-21)15-19(18)27(3)22(16)23(30)29(25-2)10-9-28-11-13-31-14-12-28/h4-8,15H,2,9-14H2,1,3H3. The van der Waals surface area contributed by atoms with Crippen molar-refractivity contribution in [1.29, 1.82) is 0 Å². The van der Waals surface area contributed by atoms with E-state index in [-0.39, 0.29) is 11.8 Å². The van der Waals surface area contributed by atoms with Gasteiger partial charge in [0.2, 0.25) is 11.8 Å². The van der Waals surface area contributed by atoms with Crippen LogP contribution in [0.4, 0.5) is 4.39 Å². The number of pyridine rings is 1. The molecule has 3 aromatic rings. The molecule has 1 aliphatic heterocycles. The average Bonchev–Trinajstić information content (AvgIpc) is 3.04. The maximum atomic E-state index is 13.4. The molecule has 0 radical (unpaired) electrons. The number of carbonyl (C=O) groups excluding carboxylic acids is 1. The molecular formula is C23H26FN5O3. The van der Waals surface area contributed by atoms with Crippen LogP contribution in [0.2, 0.25) is 0 Å². The Morgan fingerprint density at radius 3 is 2.81 bits per heavy atom. The summed E-state index contributed by atoms with van der Waals surface area (Å²) >= 11 is 0. The third-order valence-electron chi connectivity index (χ3n) is 5.68. The van der Waals surface area contributed by atoms with E-state index < -0.39 is 5.95 Å². The van der Waals surface area contributed by atoms with E-state index in [0.29, 0.717) is 37.7 Å². The minimum Gasteiger partial charge on any atom is -0.439 e. The Morgan fingerprint density at radius 2 is 2.09 bits per heavy atom. The molecule has 168 valence electrons. The van der Waals surface area contributed by atoms with Gasteiger partial charge >= 0.3 is 0 Å². The number of aromatic nitrogens is 2. The number of fused-ring (bicyclic) bond motifs is 1. The fourth-order valence-corrected chi connectivity index (χ4v) is 3.96. The largest absolute Gasteiger partial charge is 0.439 e. The highest BCUT2D eigenvalue weighted by Gasteiger charge is 2.24. The summed E-state index contributed by atoms with van der Waals surface area (Å²) in [5.74, 6) is -0.156. The number of nitrogens with zero attached hydrogens (tertiary/aromatic N) is 5. The Bertz CT molecular complexity index is 1140. The van der Waals surface area contributed by atoms with Gasteiger partial charge in [-0.15, -0.1) is 0 Å². The van der Waals surface area contributed by atoms with Crippen molar-refractivity contribution >= 4 is 23.5 Å². The summed E-state index contributed by atoms with van der Waals surface area (Å²) in [6.07, 6.45) is 0. The van der Waals surface area contributed by atoms with Crippen LogP contribution < -0.4 is 4.74 Å². The van der Waals surface area contributed by atoms with Gasteiger partial charge in [0, 0.05) is 50.9 Å². The molecule has 8 nitrogen and oxygen atoms in total. The topological polar surface area (TPSA) is 72.2 Å². The van der Waals surface area contributed by atoms with E-state index in [2.05, 4.69) is 21.7 Å². The minimum atomic E-state index is -0.611. The van der Waals surface area contributed by atoms with Crippen molar-refractivity contribution < 1.29 is 18.7 Å². The molecule has 0 N–H and O–H groups in total. The van der Waals surface area contributed by atoms with Crippen molar-refractivity contribution in [3.05, 3.63) is 53.6 Å². The van der Waals surface area contributed by atoms with Crippen LogP contribution in [0.25, 0.3) is 10.9 Å². The summed E-state index contributed by atoms with van der Waals surface area (Å²) in [4.78, 5) is 19.3. The van der Waals surface area contributed by atoms with Crippen molar-refractivity contribution in [2.24, 2.45) is 12.1 Å². The molecule has 1 aromatic carbocycles. The van der Waals surface area contributed by atoms with Gasteiger partial charge in [0.05, 0.1) is 25.3 Å². The predicted molar refractivity (Wildman–Crippen MR) is 120 cm³/mol. The van der Waals surface area contributed by atoms with Gasteiger partial charge in [-0.3, -0.25) is 9.69 Å². The Hall–Kier alpha value is -3.30. The van der Waals surface area contributed by atoms with Crippen LogP contribution in [0.15, 0.2) is 41.5 Å². The molecule has 1 saturated heterocycles. The van der Waals surface area contributed by atoms with E-state index in [0.717, 1.165) is 29.6 Å². The number of amides is 1. The van der Waals surface area contributed by atoms with Crippen LogP contribution in [-0.2, 0) is 11.8 Å². The summed E-state index contributed by atoms with van der Waals surface area (Å²) in [6.45, 7) is 9.75.